The standard InChI is InChI=1S/C24H32O4S2/c1-23(2,21(25)26)15-5-7-17-9-11-19(29-17)13-14-20-12-10-18(30-20)8-6-16-24(3,4)22(27)28/h9-14H,5-8,15-16H2,1-4H3,(H,25,26)(H,27,28). The maximum atomic E-state index is 11.2. The van der Waals surface area contributed by atoms with Crippen LogP contribution in [0, 0.1) is 10.8 Å². The fourth-order valence-corrected chi connectivity index (χ4v) is 4.94. The number of carboxylic acids is 2. The first-order chi connectivity index (χ1) is 14.0. The molecule has 2 heterocycles. The van der Waals surface area contributed by atoms with E-state index < -0.39 is 22.8 Å². The zero-order valence-corrected chi connectivity index (χ0v) is 19.9. The summed E-state index contributed by atoms with van der Waals surface area (Å²) in [6.07, 6.45) is 9.15. The molecule has 30 heavy (non-hydrogen) atoms. The molecule has 6 heteroatoms. The van der Waals surface area contributed by atoms with Crippen molar-refractivity contribution in [2.75, 3.05) is 0 Å². The van der Waals surface area contributed by atoms with Crippen LogP contribution < -0.4 is 0 Å². The fraction of sp³-hybridized carbons (Fsp3) is 0.500. The van der Waals surface area contributed by atoms with E-state index >= 15 is 0 Å². The number of hydrogen-bond acceptors (Lipinski definition) is 4. The van der Waals surface area contributed by atoms with Gasteiger partial charge in [0.05, 0.1) is 10.8 Å². The molecule has 0 fully saturated rings. The van der Waals surface area contributed by atoms with Crippen LogP contribution in [0.3, 0.4) is 0 Å². The second-order valence-corrected chi connectivity index (χ2v) is 11.4. The SMILES string of the molecule is CC(C)(CCCc1ccc(C=Cc2ccc(CCCC(C)(C)C(=O)O)s2)s1)C(=O)O. The first-order valence-corrected chi connectivity index (χ1v) is 12.0. The summed E-state index contributed by atoms with van der Waals surface area (Å²) in [5, 5.41) is 18.4. The van der Waals surface area contributed by atoms with E-state index in [9.17, 15) is 19.8 Å². The molecular formula is C24H32O4S2. The van der Waals surface area contributed by atoms with Crippen LogP contribution in [-0.2, 0) is 22.4 Å². The number of carboxylic acid groups (broad SMARTS) is 2. The lowest BCUT2D eigenvalue weighted by Gasteiger charge is -2.18. The average molecular weight is 449 g/mol. The van der Waals surface area contributed by atoms with Crippen molar-refractivity contribution in [3.63, 3.8) is 0 Å². The van der Waals surface area contributed by atoms with Crippen molar-refractivity contribution in [3.8, 4) is 0 Å². The number of hydrogen-bond donors (Lipinski definition) is 2. The molecule has 0 bridgehead atoms. The highest BCUT2D eigenvalue weighted by Gasteiger charge is 2.26. The van der Waals surface area contributed by atoms with E-state index in [1.165, 1.54) is 19.5 Å². The first kappa shape index (κ1) is 24.4. The van der Waals surface area contributed by atoms with Crippen molar-refractivity contribution < 1.29 is 19.8 Å². The number of aliphatic carboxylic acids is 2. The Bertz CT molecular complexity index is 814. The van der Waals surface area contributed by atoms with Crippen LogP contribution in [0.15, 0.2) is 24.3 Å². The smallest absolute Gasteiger partial charge is 0.309 e. The van der Waals surface area contributed by atoms with Gasteiger partial charge in [0.15, 0.2) is 0 Å². The molecule has 0 spiro atoms. The van der Waals surface area contributed by atoms with Gasteiger partial charge in [-0.15, -0.1) is 22.7 Å². The second-order valence-electron chi connectivity index (χ2n) is 9.03. The van der Waals surface area contributed by atoms with E-state index in [4.69, 9.17) is 0 Å². The highest BCUT2D eigenvalue weighted by molar-refractivity contribution is 7.13. The molecule has 2 rings (SSSR count). The minimum absolute atomic E-state index is 0.666. The van der Waals surface area contributed by atoms with Gasteiger partial charge in [0, 0.05) is 19.5 Å². The minimum atomic E-state index is -0.738. The third kappa shape index (κ3) is 7.40. The lowest BCUT2D eigenvalue weighted by atomic mass is 9.87. The summed E-state index contributed by atoms with van der Waals surface area (Å²) in [7, 11) is 0. The third-order valence-corrected chi connectivity index (χ3v) is 7.61. The predicted molar refractivity (Wildman–Crippen MR) is 126 cm³/mol. The van der Waals surface area contributed by atoms with Crippen LogP contribution in [0.5, 0.6) is 0 Å². The van der Waals surface area contributed by atoms with Crippen LogP contribution in [0.4, 0.5) is 0 Å². The highest BCUT2D eigenvalue weighted by atomic mass is 32.1. The highest BCUT2D eigenvalue weighted by Crippen LogP contribution is 2.28. The summed E-state index contributed by atoms with van der Waals surface area (Å²) >= 11 is 3.50. The molecule has 0 atom stereocenters. The third-order valence-electron chi connectivity index (χ3n) is 5.38. The van der Waals surface area contributed by atoms with Crippen molar-refractivity contribution in [2.45, 2.75) is 66.2 Å². The van der Waals surface area contributed by atoms with Crippen molar-refractivity contribution in [2.24, 2.45) is 10.8 Å². The van der Waals surface area contributed by atoms with Crippen LogP contribution in [-0.4, -0.2) is 22.2 Å². The Balaban J connectivity index is 1.82. The number of carbonyl (C=O) groups is 2. The van der Waals surface area contributed by atoms with Gasteiger partial charge < -0.3 is 10.2 Å². The summed E-state index contributed by atoms with van der Waals surface area (Å²) in [6, 6.07) is 8.48. The van der Waals surface area contributed by atoms with Crippen LogP contribution in [0.1, 0.15) is 72.9 Å². The van der Waals surface area contributed by atoms with E-state index in [0.717, 1.165) is 25.7 Å². The maximum Gasteiger partial charge on any atom is 0.309 e. The summed E-state index contributed by atoms with van der Waals surface area (Å²) in [5.74, 6) is -1.48. The Morgan fingerprint density at radius 3 is 1.47 bits per heavy atom. The largest absolute Gasteiger partial charge is 0.481 e. The van der Waals surface area contributed by atoms with Gasteiger partial charge in [-0.3, -0.25) is 9.59 Å². The fourth-order valence-electron chi connectivity index (χ4n) is 3.02. The van der Waals surface area contributed by atoms with Crippen LogP contribution in [0.25, 0.3) is 12.2 Å². The second kappa shape index (κ2) is 10.4. The number of aryl methyl sites for hydroxylation is 2. The lowest BCUT2D eigenvalue weighted by molar-refractivity contribution is -0.148. The van der Waals surface area contributed by atoms with Gasteiger partial charge >= 0.3 is 11.9 Å². The molecule has 0 aliphatic rings. The van der Waals surface area contributed by atoms with Gasteiger partial charge in [-0.1, -0.05) is 0 Å². The van der Waals surface area contributed by atoms with Crippen molar-refractivity contribution >= 4 is 46.8 Å². The van der Waals surface area contributed by atoms with Crippen molar-refractivity contribution in [1.82, 2.24) is 0 Å². The Labute approximate surface area is 187 Å². The molecule has 0 saturated heterocycles. The zero-order chi connectivity index (χ0) is 22.4. The molecule has 0 radical (unpaired) electrons. The van der Waals surface area contributed by atoms with E-state index in [1.807, 2.05) is 0 Å². The van der Waals surface area contributed by atoms with Gasteiger partial charge in [-0.2, -0.15) is 0 Å². The number of rotatable bonds is 12. The Morgan fingerprint density at radius 1 is 0.767 bits per heavy atom. The average Bonchev–Trinajstić information content (AvgIpc) is 3.29. The van der Waals surface area contributed by atoms with Gasteiger partial charge in [-0.05, 0) is 103 Å². The van der Waals surface area contributed by atoms with Crippen molar-refractivity contribution in [3.05, 3.63) is 43.8 Å². The van der Waals surface area contributed by atoms with Crippen LogP contribution >= 0.6 is 22.7 Å². The van der Waals surface area contributed by atoms with E-state index in [1.54, 1.807) is 50.4 Å². The van der Waals surface area contributed by atoms with Gasteiger partial charge in [0.2, 0.25) is 0 Å². The Kier molecular flexibility index (Phi) is 8.44. The maximum absolute atomic E-state index is 11.2. The monoisotopic (exact) mass is 448 g/mol. The zero-order valence-electron chi connectivity index (χ0n) is 18.2. The molecular weight excluding hydrogens is 416 g/mol. The Morgan fingerprint density at radius 2 is 1.13 bits per heavy atom. The first-order valence-electron chi connectivity index (χ1n) is 10.3. The summed E-state index contributed by atoms with van der Waals surface area (Å²) in [4.78, 5) is 27.3. The van der Waals surface area contributed by atoms with E-state index in [2.05, 4.69) is 36.4 Å². The van der Waals surface area contributed by atoms with E-state index in [-0.39, 0.29) is 0 Å². The lowest BCUT2D eigenvalue weighted by Crippen LogP contribution is -2.23. The van der Waals surface area contributed by atoms with Crippen LogP contribution in [0.2, 0.25) is 0 Å². The van der Waals surface area contributed by atoms with Gasteiger partial charge in [-0.25, -0.2) is 0 Å². The topological polar surface area (TPSA) is 74.6 Å². The summed E-state index contributed by atoms with van der Waals surface area (Å²) < 4.78 is 0. The van der Waals surface area contributed by atoms with Crippen molar-refractivity contribution in [1.29, 1.82) is 0 Å². The quantitative estimate of drug-likeness (QED) is 0.372. The molecule has 0 unspecified atom stereocenters. The molecule has 4 nitrogen and oxygen atoms in total. The normalized spacial score (nSPS) is 12.5. The molecule has 2 N–H and O–H groups in total. The molecule has 0 aliphatic heterocycles. The van der Waals surface area contributed by atoms with Gasteiger partial charge in [0.1, 0.15) is 0 Å². The predicted octanol–water partition coefficient (Wildman–Crippen LogP) is 6.85. The molecule has 0 aromatic carbocycles. The number of thiophene rings is 2. The molecule has 164 valence electrons. The molecule has 0 saturated carbocycles. The molecule has 2 aromatic rings. The van der Waals surface area contributed by atoms with Gasteiger partial charge in [0.25, 0.3) is 0 Å². The Hall–Kier alpha value is -1.92. The molecule has 0 amide bonds. The summed E-state index contributed by atoms with van der Waals surface area (Å²) in [6.45, 7) is 7.11. The van der Waals surface area contributed by atoms with E-state index in [0.29, 0.717) is 12.8 Å². The summed E-state index contributed by atoms with van der Waals surface area (Å²) in [5.41, 5.74) is -1.33. The molecule has 2 aromatic heterocycles. The molecule has 0 aliphatic carbocycles. The minimum Gasteiger partial charge on any atom is -0.481 e.